The maximum atomic E-state index is 12.8. The lowest BCUT2D eigenvalue weighted by atomic mass is 9.86. The van der Waals surface area contributed by atoms with Crippen molar-refractivity contribution >= 4 is 33.0 Å². The van der Waals surface area contributed by atoms with Crippen LogP contribution in [0.3, 0.4) is 0 Å². The molecule has 56 heavy (non-hydrogen) atoms. The van der Waals surface area contributed by atoms with Gasteiger partial charge in [-0.25, -0.2) is 9.13 Å². The number of phosphoric ester groups is 2. The van der Waals surface area contributed by atoms with E-state index >= 15 is 0 Å². The molecule has 0 bridgehead atoms. The van der Waals surface area contributed by atoms with Crippen molar-refractivity contribution < 1.29 is 42.5 Å². The normalized spacial score (nSPS) is 20.6. The summed E-state index contributed by atoms with van der Waals surface area (Å²) in [6.07, 6.45) is 6.53. The summed E-state index contributed by atoms with van der Waals surface area (Å²) in [6, 6.07) is 16.7. The van der Waals surface area contributed by atoms with Crippen LogP contribution in [0.2, 0.25) is 0 Å². The van der Waals surface area contributed by atoms with Crippen molar-refractivity contribution in [2.24, 2.45) is 0 Å². The van der Waals surface area contributed by atoms with Crippen molar-refractivity contribution in [3.05, 3.63) is 115 Å². The minimum atomic E-state index is -4.28. The second-order valence-electron chi connectivity index (χ2n) is 14.3. The van der Waals surface area contributed by atoms with Gasteiger partial charge in [0, 0.05) is 51.5 Å². The Morgan fingerprint density at radius 3 is 0.786 bits per heavy atom. The zero-order valence-electron chi connectivity index (χ0n) is 34.7. The van der Waals surface area contributed by atoms with Gasteiger partial charge >= 0.3 is 15.6 Å². The van der Waals surface area contributed by atoms with E-state index in [1.54, 1.807) is 0 Å². The third kappa shape index (κ3) is 9.97. The number of rotatable bonds is 8. The first-order valence-corrected chi connectivity index (χ1v) is 22.7. The summed E-state index contributed by atoms with van der Waals surface area (Å²) < 4.78 is 48.1. The molecule has 0 aliphatic carbocycles. The number of phosphoric acid groups is 2. The van der Waals surface area contributed by atoms with E-state index in [0.29, 0.717) is 23.0 Å². The first kappa shape index (κ1) is 47.3. The lowest BCUT2D eigenvalue weighted by Crippen LogP contribution is -2.14. The Kier molecular flexibility index (Phi) is 16.6. The largest absolute Gasteiger partial charge is 0.584 e. The molecule has 0 saturated heterocycles. The molecule has 303 valence electrons. The van der Waals surface area contributed by atoms with Gasteiger partial charge in [-0.15, -0.1) is 0 Å². The van der Waals surface area contributed by atoms with Gasteiger partial charge in [0.25, 0.3) is 0 Å². The molecule has 0 unspecified atom stereocenters. The number of benzene rings is 4. The van der Waals surface area contributed by atoms with Gasteiger partial charge in [0.1, 0.15) is 23.0 Å². The van der Waals surface area contributed by atoms with E-state index in [0.717, 1.165) is 95.9 Å². The lowest BCUT2D eigenvalue weighted by Gasteiger charge is -2.29. The SMILES string of the molecule is CCc1cc(CC)c2c(c1)C(C)c1cc(CC)cc(CC)c1OP(=O)(O)O2.CCc1cc(CC)c2c(c1)C(C)c1cc(CC)cc(CC)c1OP(=O)(O)O2.O.[Al]. The summed E-state index contributed by atoms with van der Waals surface area (Å²) in [5, 5.41) is 0. The minimum Gasteiger partial charge on any atom is -0.412 e. The molecule has 4 aromatic rings. The van der Waals surface area contributed by atoms with Crippen LogP contribution in [0.15, 0.2) is 48.5 Å². The van der Waals surface area contributed by atoms with Crippen molar-refractivity contribution in [1.82, 2.24) is 0 Å². The van der Waals surface area contributed by atoms with Crippen LogP contribution in [0.1, 0.15) is 148 Å². The zero-order chi connectivity index (χ0) is 39.5. The van der Waals surface area contributed by atoms with Crippen molar-refractivity contribution in [3.63, 3.8) is 0 Å². The Morgan fingerprint density at radius 2 is 0.625 bits per heavy atom. The molecule has 2 aliphatic rings. The first-order valence-electron chi connectivity index (χ1n) is 19.7. The fourth-order valence-electron chi connectivity index (χ4n) is 7.56. The summed E-state index contributed by atoms with van der Waals surface area (Å²) >= 11 is 0. The topological polar surface area (TPSA) is 143 Å². The monoisotopic (exact) mass is 821 g/mol. The Balaban J connectivity index is 0.000000290. The van der Waals surface area contributed by atoms with Crippen molar-refractivity contribution in [1.29, 1.82) is 0 Å². The first-order chi connectivity index (χ1) is 25.7. The number of aryl methyl sites for hydroxylation is 8. The third-order valence-corrected chi connectivity index (χ3v) is 12.5. The van der Waals surface area contributed by atoms with Crippen LogP contribution in [0.4, 0.5) is 0 Å². The highest BCUT2D eigenvalue weighted by molar-refractivity contribution is 7.48. The maximum absolute atomic E-state index is 12.8. The van der Waals surface area contributed by atoms with Crippen LogP contribution in [0, 0.1) is 0 Å². The average molecular weight is 822 g/mol. The van der Waals surface area contributed by atoms with Gasteiger partial charge in [-0.2, -0.15) is 0 Å². The Morgan fingerprint density at radius 1 is 0.429 bits per heavy atom. The zero-order valence-corrected chi connectivity index (χ0v) is 37.7. The highest BCUT2D eigenvalue weighted by Gasteiger charge is 2.37. The van der Waals surface area contributed by atoms with Crippen LogP contribution in [0.5, 0.6) is 23.0 Å². The Labute approximate surface area is 344 Å². The number of fused-ring (bicyclic) bond motifs is 4. The second kappa shape index (κ2) is 19.6. The number of hydrogen-bond donors (Lipinski definition) is 2. The maximum Gasteiger partial charge on any atom is 0.584 e. The van der Waals surface area contributed by atoms with E-state index < -0.39 is 15.6 Å². The number of hydrogen-bond acceptors (Lipinski definition) is 6. The van der Waals surface area contributed by atoms with E-state index in [1.807, 2.05) is 27.7 Å². The average Bonchev–Trinajstić information content (AvgIpc) is 3.16. The van der Waals surface area contributed by atoms with Crippen LogP contribution < -0.4 is 18.1 Å². The fraction of sp³-hybridized carbons (Fsp3) is 0.455. The highest BCUT2D eigenvalue weighted by Crippen LogP contribution is 2.56. The molecule has 2 heterocycles. The van der Waals surface area contributed by atoms with Crippen LogP contribution in [-0.2, 0) is 60.5 Å². The van der Waals surface area contributed by atoms with Gasteiger partial charge in [0.05, 0.1) is 0 Å². The Hall–Kier alpha value is -3.05. The molecule has 0 atom stereocenters. The van der Waals surface area contributed by atoms with E-state index in [9.17, 15) is 18.9 Å². The molecule has 0 fully saturated rings. The summed E-state index contributed by atoms with van der Waals surface area (Å²) in [5.41, 5.74) is 12.4. The van der Waals surface area contributed by atoms with Crippen LogP contribution >= 0.6 is 15.6 Å². The predicted octanol–water partition coefficient (Wildman–Crippen LogP) is 10.7. The van der Waals surface area contributed by atoms with Gasteiger partial charge < -0.3 is 23.6 Å². The van der Waals surface area contributed by atoms with Gasteiger partial charge in [-0.05, 0) is 95.9 Å². The highest BCUT2D eigenvalue weighted by atomic mass is 31.2. The smallest absolute Gasteiger partial charge is 0.412 e. The fourth-order valence-corrected chi connectivity index (χ4v) is 9.45. The van der Waals surface area contributed by atoms with E-state index in [-0.39, 0.29) is 34.7 Å². The molecule has 2 aliphatic heterocycles. The van der Waals surface area contributed by atoms with E-state index in [2.05, 4.69) is 90.1 Å². The van der Waals surface area contributed by atoms with Gasteiger partial charge in [-0.3, -0.25) is 9.79 Å². The van der Waals surface area contributed by atoms with Gasteiger partial charge in [0.15, 0.2) is 0 Å². The van der Waals surface area contributed by atoms with Gasteiger partial charge in [-0.1, -0.05) is 118 Å². The van der Waals surface area contributed by atoms with Crippen molar-refractivity contribution in [2.75, 3.05) is 0 Å². The molecule has 0 amide bonds. The third-order valence-electron chi connectivity index (χ3n) is 10.9. The van der Waals surface area contributed by atoms with Crippen molar-refractivity contribution in [2.45, 2.75) is 132 Å². The minimum absolute atomic E-state index is 0. The van der Waals surface area contributed by atoms with E-state index in [4.69, 9.17) is 18.1 Å². The molecule has 12 heteroatoms. The molecule has 3 radical (unpaired) electrons. The molecular formula is C44H60AlO9P2. The summed E-state index contributed by atoms with van der Waals surface area (Å²) in [7, 11) is -8.55. The molecule has 4 N–H and O–H groups in total. The summed E-state index contributed by atoms with van der Waals surface area (Å²) in [6.45, 7) is 20.8. The predicted molar refractivity (Wildman–Crippen MR) is 227 cm³/mol. The Bertz CT molecular complexity index is 1830. The van der Waals surface area contributed by atoms with Crippen LogP contribution in [0.25, 0.3) is 0 Å². The molecule has 4 aromatic carbocycles. The molecule has 0 spiro atoms. The standard InChI is InChI=1S/2C22H29O4P.Al.H2O/c2*1-6-15-10-17(8-3)21-19(12-15)14(5)20-13-16(7-2)11-18(9-4)22(20)26-27(23,24)25-21;;/h2*10-14H,6-9H2,1-5H3,(H,23,24);;1H2. The summed E-state index contributed by atoms with van der Waals surface area (Å²) in [4.78, 5) is 20.9. The molecule has 0 saturated carbocycles. The molecule has 0 aromatic heterocycles. The van der Waals surface area contributed by atoms with Crippen LogP contribution in [-0.4, -0.2) is 32.6 Å². The second-order valence-corrected chi connectivity index (χ2v) is 16.9. The summed E-state index contributed by atoms with van der Waals surface area (Å²) in [5.74, 6) is 2.00. The molecular weight excluding hydrogens is 761 g/mol. The van der Waals surface area contributed by atoms with E-state index in [1.165, 1.54) is 22.3 Å². The quantitative estimate of drug-likeness (QED) is 0.132. The van der Waals surface area contributed by atoms with Crippen molar-refractivity contribution in [3.8, 4) is 23.0 Å². The lowest BCUT2D eigenvalue weighted by molar-refractivity contribution is 0.281. The molecule has 9 nitrogen and oxygen atoms in total. The molecule has 6 rings (SSSR count). The van der Waals surface area contributed by atoms with Gasteiger partial charge in [0.2, 0.25) is 0 Å².